The van der Waals surface area contributed by atoms with Gasteiger partial charge >= 0.3 is 0 Å². The number of fused-ring (bicyclic) bond motifs is 5. The number of rotatable bonds is 4. The van der Waals surface area contributed by atoms with Gasteiger partial charge in [-0.2, -0.15) is 0 Å². The van der Waals surface area contributed by atoms with Crippen LogP contribution in [0.25, 0.3) is 0 Å². The van der Waals surface area contributed by atoms with Crippen LogP contribution in [0.4, 0.5) is 0 Å². The highest BCUT2D eigenvalue weighted by atomic mass is 16.5. The lowest BCUT2D eigenvalue weighted by molar-refractivity contribution is -0.158. The van der Waals surface area contributed by atoms with Gasteiger partial charge in [0.15, 0.2) is 0 Å². The molecule has 31 heavy (non-hydrogen) atoms. The van der Waals surface area contributed by atoms with Crippen molar-refractivity contribution in [3.8, 4) is 0 Å². The van der Waals surface area contributed by atoms with Gasteiger partial charge in [-0.05, 0) is 106 Å². The number of ether oxygens (including phenoxy) is 1. The van der Waals surface area contributed by atoms with E-state index in [0.717, 1.165) is 63.3 Å². The summed E-state index contributed by atoms with van der Waals surface area (Å²) in [6, 6.07) is 0. The summed E-state index contributed by atoms with van der Waals surface area (Å²) in [5, 5.41) is 10.8. The minimum atomic E-state index is -0.455. The van der Waals surface area contributed by atoms with Gasteiger partial charge in [-0.25, -0.2) is 0 Å². The molecule has 0 aromatic heterocycles. The third kappa shape index (κ3) is 3.64. The van der Waals surface area contributed by atoms with Crippen LogP contribution in [0.2, 0.25) is 0 Å². The fourth-order valence-corrected chi connectivity index (χ4v) is 9.56. The fraction of sp³-hybridized carbons (Fsp3) is 0.963. The van der Waals surface area contributed by atoms with E-state index in [1.165, 1.54) is 44.9 Å². The molecule has 0 aromatic carbocycles. The van der Waals surface area contributed by atoms with E-state index in [4.69, 9.17) is 4.74 Å². The van der Waals surface area contributed by atoms with Crippen molar-refractivity contribution in [2.45, 2.75) is 90.6 Å². The van der Waals surface area contributed by atoms with Crippen LogP contribution in [0.3, 0.4) is 0 Å². The Morgan fingerprint density at radius 2 is 1.77 bits per heavy atom. The molecule has 0 spiro atoms. The second-order valence-electron chi connectivity index (χ2n) is 12.5. The maximum Gasteiger partial charge on any atom is 0.150 e. The molecule has 5 fully saturated rings. The van der Waals surface area contributed by atoms with E-state index in [1.54, 1.807) is 0 Å². The van der Waals surface area contributed by atoms with Crippen molar-refractivity contribution in [2.24, 2.45) is 40.4 Å². The summed E-state index contributed by atoms with van der Waals surface area (Å²) in [5.41, 5.74) is 0.207. The Labute approximate surface area is 189 Å². The molecule has 0 amide bonds. The first kappa shape index (κ1) is 22.3. The van der Waals surface area contributed by atoms with E-state index in [-0.39, 0.29) is 11.3 Å². The highest BCUT2D eigenvalue weighted by Gasteiger charge is 2.62. The summed E-state index contributed by atoms with van der Waals surface area (Å²) in [7, 11) is 0. The van der Waals surface area contributed by atoms with Gasteiger partial charge in [0, 0.05) is 19.0 Å². The topological polar surface area (TPSA) is 49.8 Å². The Hall–Kier alpha value is -0.450. The number of aliphatic hydroxyl groups is 1. The van der Waals surface area contributed by atoms with Crippen LogP contribution in [0.5, 0.6) is 0 Å². The van der Waals surface area contributed by atoms with Crippen LogP contribution >= 0.6 is 0 Å². The van der Waals surface area contributed by atoms with E-state index >= 15 is 0 Å². The standard InChI is InChI=1S/C27H45NO3/c1-4-27-12-11-25(2,30)17-19(27)5-6-20-21-7-8-23(26(21,3)10-9-22(20)27)24(29)18-28-13-15-31-16-14-28/h19-23,30H,4-18H2,1-3H3/t19-,20-,21-,22-,23+,25+,26-,27-/m0/s1. The summed E-state index contributed by atoms with van der Waals surface area (Å²) in [4.78, 5) is 15.8. The molecule has 1 aliphatic heterocycles. The molecule has 4 nitrogen and oxygen atoms in total. The molecule has 4 aliphatic carbocycles. The van der Waals surface area contributed by atoms with E-state index in [1.807, 2.05) is 0 Å². The van der Waals surface area contributed by atoms with Crippen molar-refractivity contribution in [1.82, 2.24) is 4.90 Å². The van der Waals surface area contributed by atoms with Gasteiger partial charge in [-0.1, -0.05) is 13.8 Å². The van der Waals surface area contributed by atoms with Crippen molar-refractivity contribution < 1.29 is 14.6 Å². The molecular formula is C27H45NO3. The Kier molecular flexibility index (Phi) is 5.84. The number of hydrogen-bond donors (Lipinski definition) is 1. The van der Waals surface area contributed by atoms with Gasteiger partial charge in [0.25, 0.3) is 0 Å². The van der Waals surface area contributed by atoms with Crippen molar-refractivity contribution in [3.05, 3.63) is 0 Å². The minimum absolute atomic E-state index is 0.215. The number of nitrogens with zero attached hydrogens (tertiary/aromatic N) is 1. The Morgan fingerprint density at radius 1 is 1.00 bits per heavy atom. The van der Waals surface area contributed by atoms with Gasteiger partial charge < -0.3 is 9.84 Å². The fourth-order valence-electron chi connectivity index (χ4n) is 9.56. The molecule has 4 heteroatoms. The van der Waals surface area contributed by atoms with Gasteiger partial charge in [0.2, 0.25) is 0 Å². The molecule has 1 heterocycles. The first-order valence-electron chi connectivity index (χ1n) is 13.3. The summed E-state index contributed by atoms with van der Waals surface area (Å²) >= 11 is 0. The second-order valence-corrected chi connectivity index (χ2v) is 12.5. The zero-order valence-electron chi connectivity index (χ0n) is 20.2. The lowest BCUT2D eigenvalue weighted by Crippen LogP contribution is -2.56. The third-order valence-corrected chi connectivity index (χ3v) is 11.2. The smallest absolute Gasteiger partial charge is 0.150 e. The molecular weight excluding hydrogens is 386 g/mol. The number of carbonyl (C=O) groups is 1. The monoisotopic (exact) mass is 431 g/mol. The number of Topliss-reactive ketones (excluding diaryl/α,β-unsaturated/α-hetero) is 1. The second kappa shape index (κ2) is 8.09. The molecule has 0 unspecified atom stereocenters. The molecule has 4 saturated carbocycles. The summed E-state index contributed by atoms with van der Waals surface area (Å²) in [6.07, 6.45) is 12.0. The quantitative estimate of drug-likeness (QED) is 0.702. The lowest BCUT2D eigenvalue weighted by atomic mass is 9.42. The molecule has 5 rings (SSSR count). The summed E-state index contributed by atoms with van der Waals surface area (Å²) in [6.45, 7) is 11.0. The number of carbonyl (C=O) groups excluding carboxylic acids is 1. The zero-order chi connectivity index (χ0) is 21.9. The molecule has 0 bridgehead atoms. The van der Waals surface area contributed by atoms with Crippen LogP contribution in [0.1, 0.15) is 85.0 Å². The molecule has 8 atom stereocenters. The average Bonchev–Trinajstić information content (AvgIpc) is 3.11. The van der Waals surface area contributed by atoms with Crippen molar-refractivity contribution in [3.63, 3.8) is 0 Å². The SMILES string of the molecule is CC[C@]12CC[C@@](C)(O)C[C@@H]1CC[C@H]1[C@@H]3CC[C@H](C(=O)CN4CCOCC4)[C@@]3(C)CC[C@@H]12. The minimum Gasteiger partial charge on any atom is -0.390 e. The van der Waals surface area contributed by atoms with E-state index in [2.05, 4.69) is 25.7 Å². The van der Waals surface area contributed by atoms with Crippen LogP contribution < -0.4 is 0 Å². The molecule has 5 aliphatic rings. The molecule has 176 valence electrons. The van der Waals surface area contributed by atoms with Crippen LogP contribution in [-0.2, 0) is 9.53 Å². The molecule has 0 radical (unpaired) electrons. The number of hydrogen-bond acceptors (Lipinski definition) is 4. The highest BCUT2D eigenvalue weighted by Crippen LogP contribution is 2.68. The van der Waals surface area contributed by atoms with Crippen LogP contribution in [0.15, 0.2) is 0 Å². The number of morpholine rings is 1. The maximum atomic E-state index is 13.4. The summed E-state index contributed by atoms with van der Waals surface area (Å²) in [5.74, 6) is 3.84. The first-order valence-corrected chi connectivity index (χ1v) is 13.3. The Morgan fingerprint density at radius 3 is 2.52 bits per heavy atom. The van der Waals surface area contributed by atoms with Gasteiger partial charge in [-0.3, -0.25) is 9.69 Å². The van der Waals surface area contributed by atoms with Crippen molar-refractivity contribution >= 4 is 5.78 Å². The highest BCUT2D eigenvalue weighted by molar-refractivity contribution is 5.84. The van der Waals surface area contributed by atoms with Crippen molar-refractivity contribution in [2.75, 3.05) is 32.8 Å². The Bertz CT molecular complexity index is 686. The summed E-state index contributed by atoms with van der Waals surface area (Å²) < 4.78 is 5.48. The zero-order valence-corrected chi connectivity index (χ0v) is 20.2. The third-order valence-electron chi connectivity index (χ3n) is 11.2. The Balaban J connectivity index is 1.33. The van der Waals surface area contributed by atoms with Crippen molar-refractivity contribution in [1.29, 1.82) is 0 Å². The van der Waals surface area contributed by atoms with Crippen LogP contribution in [-0.4, -0.2) is 54.2 Å². The van der Waals surface area contributed by atoms with E-state index in [9.17, 15) is 9.90 Å². The average molecular weight is 432 g/mol. The molecule has 1 saturated heterocycles. The van der Waals surface area contributed by atoms with E-state index < -0.39 is 5.60 Å². The normalized spacial score (nSPS) is 50.4. The number of ketones is 1. The first-order chi connectivity index (χ1) is 14.8. The lowest BCUT2D eigenvalue weighted by Gasteiger charge is -2.63. The maximum absolute atomic E-state index is 13.4. The molecule has 1 N–H and O–H groups in total. The largest absolute Gasteiger partial charge is 0.390 e. The predicted molar refractivity (Wildman–Crippen MR) is 123 cm³/mol. The molecule has 0 aromatic rings. The van der Waals surface area contributed by atoms with E-state index in [0.29, 0.717) is 23.7 Å². The van der Waals surface area contributed by atoms with Gasteiger partial charge in [0.1, 0.15) is 5.78 Å². The van der Waals surface area contributed by atoms with Gasteiger partial charge in [0.05, 0.1) is 25.4 Å². The van der Waals surface area contributed by atoms with Crippen LogP contribution in [0, 0.1) is 40.4 Å². The predicted octanol–water partition coefficient (Wildman–Crippen LogP) is 4.69. The van der Waals surface area contributed by atoms with Gasteiger partial charge in [-0.15, -0.1) is 0 Å².